The Morgan fingerprint density at radius 3 is 2.23 bits per heavy atom. The molecule has 1 aromatic rings. The molecule has 226 valence electrons. The van der Waals surface area contributed by atoms with Gasteiger partial charge in [0.2, 0.25) is 5.91 Å². The van der Waals surface area contributed by atoms with Crippen LogP contribution in [0.2, 0.25) is 0 Å². The Balaban J connectivity index is 1.44. The third kappa shape index (κ3) is 9.09. The highest BCUT2D eigenvalue weighted by molar-refractivity contribution is 5.94. The molecule has 0 aromatic carbocycles. The number of carbonyl (C=O) groups excluding carboxylic acids is 2. The SMILES string of the molecule is CCCCCCCCCCCCOC(=O)C1CCCCC1C(=O)Nc1ccn([C@@H]2O[C@H](CO)[C@@H](O)[C@@H]2O)c(=O)n1. The van der Waals surface area contributed by atoms with Crippen LogP contribution < -0.4 is 11.0 Å². The van der Waals surface area contributed by atoms with Crippen molar-refractivity contribution in [2.75, 3.05) is 18.5 Å². The van der Waals surface area contributed by atoms with E-state index in [1.54, 1.807) is 0 Å². The molecule has 1 amide bonds. The summed E-state index contributed by atoms with van der Waals surface area (Å²) in [5.41, 5.74) is -0.802. The number of rotatable bonds is 16. The number of unbranched alkanes of at least 4 members (excludes halogenated alkanes) is 9. The van der Waals surface area contributed by atoms with E-state index in [0.717, 1.165) is 36.7 Å². The molecule has 1 aliphatic carbocycles. The summed E-state index contributed by atoms with van der Waals surface area (Å²) in [5, 5.41) is 32.0. The Bertz CT molecular complexity index is 986. The van der Waals surface area contributed by atoms with E-state index in [0.29, 0.717) is 19.4 Å². The average molecular weight is 566 g/mol. The maximum Gasteiger partial charge on any atom is 0.351 e. The summed E-state index contributed by atoms with van der Waals surface area (Å²) >= 11 is 0. The number of esters is 1. The summed E-state index contributed by atoms with van der Waals surface area (Å²) in [6.07, 6.45) is 11.0. The number of amides is 1. The highest BCUT2D eigenvalue weighted by Gasteiger charge is 2.44. The summed E-state index contributed by atoms with van der Waals surface area (Å²) in [4.78, 5) is 42.4. The first kappa shape index (κ1) is 32.2. The average Bonchev–Trinajstić information content (AvgIpc) is 3.24. The fourth-order valence-corrected chi connectivity index (χ4v) is 5.60. The number of nitrogens with one attached hydrogen (secondary N) is 1. The van der Waals surface area contributed by atoms with Gasteiger partial charge in [-0.25, -0.2) is 4.79 Å². The zero-order valence-corrected chi connectivity index (χ0v) is 23.7. The lowest BCUT2D eigenvalue weighted by atomic mass is 9.78. The topological polar surface area (TPSA) is 160 Å². The van der Waals surface area contributed by atoms with Gasteiger partial charge in [0.25, 0.3) is 0 Å². The van der Waals surface area contributed by atoms with Gasteiger partial charge in [-0.3, -0.25) is 14.2 Å². The zero-order chi connectivity index (χ0) is 28.9. The third-order valence-electron chi connectivity index (χ3n) is 8.02. The molecule has 0 radical (unpaired) electrons. The van der Waals surface area contributed by atoms with Crippen LogP contribution in [0.15, 0.2) is 17.1 Å². The van der Waals surface area contributed by atoms with Crippen LogP contribution in [0.1, 0.15) is 103 Å². The van der Waals surface area contributed by atoms with Gasteiger partial charge in [0, 0.05) is 6.20 Å². The van der Waals surface area contributed by atoms with Crippen molar-refractivity contribution in [3.05, 3.63) is 22.7 Å². The van der Waals surface area contributed by atoms with Gasteiger partial charge in [0.15, 0.2) is 6.23 Å². The minimum absolute atomic E-state index is 0.0149. The molecule has 1 aromatic heterocycles. The Labute approximate surface area is 236 Å². The van der Waals surface area contributed by atoms with Crippen molar-refractivity contribution in [1.29, 1.82) is 0 Å². The molecule has 2 unspecified atom stereocenters. The molecule has 11 nitrogen and oxygen atoms in total. The van der Waals surface area contributed by atoms with Crippen LogP contribution in [-0.4, -0.2) is 68.3 Å². The predicted molar refractivity (Wildman–Crippen MR) is 148 cm³/mol. The van der Waals surface area contributed by atoms with E-state index in [2.05, 4.69) is 17.2 Å². The smallest absolute Gasteiger partial charge is 0.351 e. The summed E-state index contributed by atoms with van der Waals surface area (Å²) < 4.78 is 11.9. The monoisotopic (exact) mass is 565 g/mol. The first-order chi connectivity index (χ1) is 19.4. The Kier molecular flexibility index (Phi) is 13.5. The quantitative estimate of drug-likeness (QED) is 0.174. The highest BCUT2D eigenvalue weighted by Crippen LogP contribution is 2.32. The van der Waals surface area contributed by atoms with Crippen LogP contribution >= 0.6 is 0 Å². The normalized spacial score (nSPS) is 26.5. The van der Waals surface area contributed by atoms with Gasteiger partial charge in [0.1, 0.15) is 24.1 Å². The Hall–Kier alpha value is -2.34. The van der Waals surface area contributed by atoms with Gasteiger partial charge >= 0.3 is 11.7 Å². The molecule has 40 heavy (non-hydrogen) atoms. The molecular formula is C29H47N3O8. The van der Waals surface area contributed by atoms with Crippen LogP contribution in [0.3, 0.4) is 0 Å². The fourth-order valence-electron chi connectivity index (χ4n) is 5.60. The number of hydrogen-bond donors (Lipinski definition) is 4. The van der Waals surface area contributed by atoms with E-state index in [1.807, 2.05) is 0 Å². The first-order valence-electron chi connectivity index (χ1n) is 15.1. The number of hydrogen-bond acceptors (Lipinski definition) is 9. The molecule has 1 saturated carbocycles. The van der Waals surface area contributed by atoms with Crippen molar-refractivity contribution in [3.8, 4) is 0 Å². The summed E-state index contributed by atoms with van der Waals surface area (Å²) in [7, 11) is 0. The van der Waals surface area contributed by atoms with Gasteiger partial charge in [0.05, 0.1) is 25.0 Å². The minimum Gasteiger partial charge on any atom is -0.465 e. The lowest BCUT2D eigenvalue weighted by Gasteiger charge is -2.28. The number of aliphatic hydroxyl groups is 3. The molecule has 1 saturated heterocycles. The number of carbonyl (C=O) groups is 2. The number of aliphatic hydroxyl groups excluding tert-OH is 3. The van der Waals surface area contributed by atoms with E-state index < -0.39 is 54.6 Å². The summed E-state index contributed by atoms with van der Waals surface area (Å²) in [5.74, 6) is -1.82. The lowest BCUT2D eigenvalue weighted by molar-refractivity contribution is -0.154. The van der Waals surface area contributed by atoms with E-state index in [9.17, 15) is 29.7 Å². The number of ether oxygens (including phenoxy) is 2. The molecular weight excluding hydrogens is 518 g/mol. The molecule has 0 bridgehead atoms. The van der Waals surface area contributed by atoms with E-state index in [4.69, 9.17) is 9.47 Å². The lowest BCUT2D eigenvalue weighted by Crippen LogP contribution is -2.38. The minimum atomic E-state index is -1.42. The molecule has 6 atom stereocenters. The molecule has 2 aliphatic rings. The number of aromatic nitrogens is 2. The van der Waals surface area contributed by atoms with E-state index >= 15 is 0 Å². The second-order valence-electron chi connectivity index (χ2n) is 11.1. The second-order valence-corrected chi connectivity index (χ2v) is 11.1. The maximum absolute atomic E-state index is 13.1. The third-order valence-corrected chi connectivity index (χ3v) is 8.02. The van der Waals surface area contributed by atoms with Crippen molar-refractivity contribution in [3.63, 3.8) is 0 Å². The van der Waals surface area contributed by atoms with Crippen molar-refractivity contribution < 1.29 is 34.4 Å². The summed E-state index contributed by atoms with van der Waals surface area (Å²) in [6.45, 7) is 2.07. The molecule has 1 aliphatic heterocycles. The molecule has 3 rings (SSSR count). The summed E-state index contributed by atoms with van der Waals surface area (Å²) in [6, 6.07) is 1.38. The zero-order valence-electron chi connectivity index (χ0n) is 23.7. The van der Waals surface area contributed by atoms with Gasteiger partial charge < -0.3 is 30.1 Å². The van der Waals surface area contributed by atoms with Crippen LogP contribution in [0.4, 0.5) is 5.82 Å². The van der Waals surface area contributed by atoms with Crippen molar-refractivity contribution in [1.82, 2.24) is 9.55 Å². The number of nitrogens with zero attached hydrogens (tertiary/aromatic N) is 2. The van der Waals surface area contributed by atoms with Crippen LogP contribution in [0.25, 0.3) is 0 Å². The Morgan fingerprint density at radius 2 is 1.62 bits per heavy atom. The molecule has 11 heteroatoms. The van der Waals surface area contributed by atoms with Crippen molar-refractivity contribution in [2.24, 2.45) is 11.8 Å². The predicted octanol–water partition coefficient (Wildman–Crippen LogP) is 3.06. The van der Waals surface area contributed by atoms with Gasteiger partial charge in [-0.2, -0.15) is 4.98 Å². The standard InChI is InChI=1S/C29H47N3O8/c1-2-3-4-5-6-7-8-9-10-13-18-39-28(37)21-15-12-11-14-20(21)26(36)30-23-16-17-32(29(38)31-23)27-25(35)24(34)22(19-33)40-27/h16-17,20-22,24-25,27,33-35H,2-15,18-19H2,1H3,(H,30,31,36,38)/t20?,21?,22-,24-,25+,27-/m1/s1. The largest absolute Gasteiger partial charge is 0.465 e. The molecule has 2 fully saturated rings. The second kappa shape index (κ2) is 16.8. The van der Waals surface area contributed by atoms with Crippen molar-refractivity contribution >= 4 is 17.7 Å². The van der Waals surface area contributed by atoms with Crippen molar-refractivity contribution in [2.45, 2.75) is 121 Å². The van der Waals surface area contributed by atoms with Crippen LogP contribution in [-0.2, 0) is 19.1 Å². The highest BCUT2D eigenvalue weighted by atomic mass is 16.6. The molecule has 4 N–H and O–H groups in total. The fraction of sp³-hybridized carbons (Fsp3) is 0.793. The van der Waals surface area contributed by atoms with Gasteiger partial charge in [-0.15, -0.1) is 0 Å². The molecule has 2 heterocycles. The van der Waals surface area contributed by atoms with E-state index in [-0.39, 0.29) is 11.8 Å². The first-order valence-corrected chi connectivity index (χ1v) is 15.1. The van der Waals surface area contributed by atoms with Crippen LogP contribution in [0, 0.1) is 11.8 Å². The van der Waals surface area contributed by atoms with E-state index in [1.165, 1.54) is 57.2 Å². The van der Waals surface area contributed by atoms with Crippen LogP contribution in [0.5, 0.6) is 0 Å². The molecule has 0 spiro atoms. The van der Waals surface area contributed by atoms with Gasteiger partial charge in [-0.05, 0) is 25.3 Å². The Morgan fingerprint density at radius 1 is 1.00 bits per heavy atom. The van der Waals surface area contributed by atoms with Gasteiger partial charge in [-0.1, -0.05) is 77.6 Å². The maximum atomic E-state index is 13.1. The number of anilines is 1.